The van der Waals surface area contributed by atoms with Crippen LogP contribution < -0.4 is 0 Å². The number of likely N-dealkylation sites (tertiary alicyclic amines) is 1. The number of alkyl halides is 1. The van der Waals surface area contributed by atoms with Gasteiger partial charge < -0.3 is 4.90 Å². The summed E-state index contributed by atoms with van der Waals surface area (Å²) in [5.41, 5.74) is 0. The second-order valence-corrected chi connectivity index (χ2v) is 4.40. The number of nitrogens with zero attached hydrogens (tertiary/aromatic N) is 1. The summed E-state index contributed by atoms with van der Waals surface area (Å²) in [5, 5.41) is 1.03. The summed E-state index contributed by atoms with van der Waals surface area (Å²) in [4.78, 5) is 13.6. The SMILES string of the molecule is CCCCC(=O)N1CCC(CBr)C1. The van der Waals surface area contributed by atoms with Crippen LogP contribution in [0.1, 0.15) is 32.6 Å². The van der Waals surface area contributed by atoms with Gasteiger partial charge in [0.15, 0.2) is 0 Å². The van der Waals surface area contributed by atoms with Gasteiger partial charge in [0.1, 0.15) is 0 Å². The van der Waals surface area contributed by atoms with E-state index >= 15 is 0 Å². The van der Waals surface area contributed by atoms with Crippen LogP contribution in [0.2, 0.25) is 0 Å². The molecule has 1 unspecified atom stereocenters. The summed E-state index contributed by atoms with van der Waals surface area (Å²) in [7, 11) is 0. The fourth-order valence-corrected chi connectivity index (χ4v) is 2.20. The molecule has 1 amide bonds. The topological polar surface area (TPSA) is 20.3 Å². The Kier molecular flexibility index (Phi) is 4.78. The largest absolute Gasteiger partial charge is 0.342 e. The quantitative estimate of drug-likeness (QED) is 0.699. The number of carbonyl (C=O) groups is 1. The second-order valence-electron chi connectivity index (χ2n) is 3.75. The maximum atomic E-state index is 11.6. The molecule has 1 aliphatic rings. The Bertz CT molecular complexity index is 172. The molecule has 1 fully saturated rings. The van der Waals surface area contributed by atoms with Crippen LogP contribution in [-0.2, 0) is 4.79 Å². The molecule has 1 atom stereocenters. The van der Waals surface area contributed by atoms with E-state index in [0.29, 0.717) is 11.8 Å². The monoisotopic (exact) mass is 247 g/mol. The minimum atomic E-state index is 0.352. The Hall–Kier alpha value is -0.0500. The molecule has 0 radical (unpaired) electrons. The van der Waals surface area contributed by atoms with Crippen molar-refractivity contribution in [2.24, 2.45) is 5.92 Å². The molecule has 0 N–H and O–H groups in total. The fourth-order valence-electron chi connectivity index (χ4n) is 1.67. The highest BCUT2D eigenvalue weighted by Crippen LogP contribution is 2.19. The number of rotatable bonds is 4. The smallest absolute Gasteiger partial charge is 0.222 e. The highest BCUT2D eigenvalue weighted by molar-refractivity contribution is 9.09. The Labute approximate surface area is 88.8 Å². The van der Waals surface area contributed by atoms with E-state index in [1.54, 1.807) is 0 Å². The first-order valence-corrected chi connectivity index (χ1v) is 6.23. The van der Waals surface area contributed by atoms with Gasteiger partial charge in [0.05, 0.1) is 0 Å². The van der Waals surface area contributed by atoms with Crippen molar-refractivity contribution in [1.29, 1.82) is 0 Å². The molecule has 0 saturated carbocycles. The van der Waals surface area contributed by atoms with Gasteiger partial charge in [-0.3, -0.25) is 4.79 Å². The van der Waals surface area contributed by atoms with Crippen LogP contribution in [0, 0.1) is 5.92 Å². The van der Waals surface area contributed by atoms with Crippen LogP contribution in [0.3, 0.4) is 0 Å². The van der Waals surface area contributed by atoms with E-state index in [9.17, 15) is 4.79 Å². The van der Waals surface area contributed by atoms with E-state index < -0.39 is 0 Å². The van der Waals surface area contributed by atoms with Gasteiger partial charge >= 0.3 is 0 Å². The first-order valence-electron chi connectivity index (χ1n) is 5.11. The molecule has 13 heavy (non-hydrogen) atoms. The molecule has 0 aliphatic carbocycles. The zero-order valence-electron chi connectivity index (χ0n) is 8.26. The summed E-state index contributed by atoms with van der Waals surface area (Å²) in [6.07, 6.45) is 4.06. The zero-order valence-corrected chi connectivity index (χ0v) is 9.85. The van der Waals surface area contributed by atoms with E-state index in [2.05, 4.69) is 22.9 Å². The molecule has 3 heteroatoms. The normalized spacial score (nSPS) is 22.3. The van der Waals surface area contributed by atoms with Crippen LogP contribution in [0.15, 0.2) is 0 Å². The highest BCUT2D eigenvalue weighted by atomic mass is 79.9. The molecule has 1 heterocycles. The average Bonchev–Trinajstić information content (AvgIpc) is 2.62. The third kappa shape index (κ3) is 3.29. The van der Waals surface area contributed by atoms with Crippen LogP contribution in [0.25, 0.3) is 0 Å². The van der Waals surface area contributed by atoms with Crippen molar-refractivity contribution in [3.05, 3.63) is 0 Å². The number of carbonyl (C=O) groups excluding carboxylic acids is 1. The van der Waals surface area contributed by atoms with E-state index in [-0.39, 0.29) is 0 Å². The van der Waals surface area contributed by atoms with Gasteiger partial charge in [0.2, 0.25) is 5.91 Å². The molecule has 76 valence electrons. The van der Waals surface area contributed by atoms with Crippen LogP contribution in [0.4, 0.5) is 0 Å². The number of halogens is 1. The average molecular weight is 248 g/mol. The van der Waals surface area contributed by atoms with Crippen molar-refractivity contribution in [2.45, 2.75) is 32.6 Å². The number of hydrogen-bond acceptors (Lipinski definition) is 1. The Morgan fingerprint density at radius 3 is 2.92 bits per heavy atom. The van der Waals surface area contributed by atoms with Crippen molar-refractivity contribution >= 4 is 21.8 Å². The van der Waals surface area contributed by atoms with Gasteiger partial charge in [-0.15, -0.1) is 0 Å². The van der Waals surface area contributed by atoms with Crippen LogP contribution in [0.5, 0.6) is 0 Å². The molecule has 1 rings (SSSR count). The standard InChI is InChI=1S/C10H18BrNO/c1-2-3-4-10(13)12-6-5-9(7-11)8-12/h9H,2-8H2,1H3. The highest BCUT2D eigenvalue weighted by Gasteiger charge is 2.24. The third-order valence-electron chi connectivity index (χ3n) is 2.60. The first-order chi connectivity index (χ1) is 6.27. The molecule has 0 aromatic rings. The number of unbranched alkanes of at least 4 members (excludes halogenated alkanes) is 1. The number of amides is 1. The van der Waals surface area contributed by atoms with E-state index in [1.165, 1.54) is 6.42 Å². The molecule has 2 nitrogen and oxygen atoms in total. The Morgan fingerprint density at radius 1 is 1.62 bits per heavy atom. The number of hydrogen-bond donors (Lipinski definition) is 0. The third-order valence-corrected chi connectivity index (χ3v) is 3.52. The Balaban J connectivity index is 2.25. The summed E-state index contributed by atoms with van der Waals surface area (Å²) in [6, 6.07) is 0. The molecule has 0 aromatic heterocycles. The molecular weight excluding hydrogens is 230 g/mol. The van der Waals surface area contributed by atoms with E-state index in [1.807, 2.05) is 4.90 Å². The van der Waals surface area contributed by atoms with Crippen molar-refractivity contribution in [3.63, 3.8) is 0 Å². The van der Waals surface area contributed by atoms with Gasteiger partial charge in [-0.05, 0) is 18.8 Å². The molecule has 0 bridgehead atoms. The summed E-state index contributed by atoms with van der Waals surface area (Å²) < 4.78 is 0. The minimum absolute atomic E-state index is 0.352. The van der Waals surface area contributed by atoms with Crippen molar-refractivity contribution < 1.29 is 4.79 Å². The lowest BCUT2D eigenvalue weighted by atomic mass is 10.2. The lowest BCUT2D eigenvalue weighted by Gasteiger charge is -2.15. The fraction of sp³-hybridized carbons (Fsp3) is 0.900. The lowest BCUT2D eigenvalue weighted by Crippen LogP contribution is -2.28. The van der Waals surface area contributed by atoms with Gasteiger partial charge in [-0.25, -0.2) is 0 Å². The Morgan fingerprint density at radius 2 is 2.38 bits per heavy atom. The zero-order chi connectivity index (χ0) is 9.68. The molecule has 1 saturated heterocycles. The van der Waals surface area contributed by atoms with Crippen molar-refractivity contribution in [2.75, 3.05) is 18.4 Å². The van der Waals surface area contributed by atoms with Gasteiger partial charge in [0.25, 0.3) is 0 Å². The minimum Gasteiger partial charge on any atom is -0.342 e. The summed E-state index contributed by atoms with van der Waals surface area (Å²) in [5.74, 6) is 1.04. The summed E-state index contributed by atoms with van der Waals surface area (Å²) >= 11 is 3.47. The maximum Gasteiger partial charge on any atom is 0.222 e. The summed E-state index contributed by atoms with van der Waals surface area (Å²) in [6.45, 7) is 4.06. The predicted molar refractivity (Wildman–Crippen MR) is 58.0 cm³/mol. The second kappa shape index (κ2) is 5.63. The van der Waals surface area contributed by atoms with Crippen molar-refractivity contribution in [1.82, 2.24) is 4.90 Å². The van der Waals surface area contributed by atoms with E-state index in [0.717, 1.165) is 37.7 Å². The van der Waals surface area contributed by atoms with Gasteiger partial charge in [0, 0.05) is 24.8 Å². The van der Waals surface area contributed by atoms with Gasteiger partial charge in [-0.2, -0.15) is 0 Å². The predicted octanol–water partition coefficient (Wildman–Crippen LogP) is 2.42. The molecular formula is C10H18BrNO. The van der Waals surface area contributed by atoms with Gasteiger partial charge in [-0.1, -0.05) is 29.3 Å². The van der Waals surface area contributed by atoms with Crippen LogP contribution >= 0.6 is 15.9 Å². The molecule has 1 aliphatic heterocycles. The molecule has 0 spiro atoms. The molecule has 0 aromatic carbocycles. The maximum absolute atomic E-state index is 11.6. The van der Waals surface area contributed by atoms with Crippen molar-refractivity contribution in [3.8, 4) is 0 Å². The first kappa shape index (κ1) is 11.0. The van der Waals surface area contributed by atoms with E-state index in [4.69, 9.17) is 0 Å². The van der Waals surface area contributed by atoms with Crippen LogP contribution in [-0.4, -0.2) is 29.2 Å². The lowest BCUT2D eigenvalue weighted by molar-refractivity contribution is -0.130.